The van der Waals surface area contributed by atoms with Gasteiger partial charge in [-0.3, -0.25) is 9.89 Å². The molecule has 0 bridgehead atoms. The molecule has 0 aliphatic carbocycles. The van der Waals surface area contributed by atoms with E-state index in [0.717, 1.165) is 38.6 Å². The molecule has 5 nitrogen and oxygen atoms in total. The van der Waals surface area contributed by atoms with Crippen molar-refractivity contribution in [3.63, 3.8) is 0 Å². The van der Waals surface area contributed by atoms with E-state index in [0.29, 0.717) is 0 Å². The summed E-state index contributed by atoms with van der Waals surface area (Å²) in [6, 6.07) is 10.8. The molecule has 1 heterocycles. The lowest BCUT2D eigenvalue weighted by Gasteiger charge is -2.34. The lowest BCUT2D eigenvalue weighted by molar-refractivity contribution is 0.126. The van der Waals surface area contributed by atoms with Crippen LogP contribution in [0, 0.1) is 0 Å². The fraction of sp³-hybridized carbons (Fsp3) is 0.650. The number of guanidine groups is 1. The highest BCUT2D eigenvalue weighted by atomic mass is 127. The fourth-order valence-corrected chi connectivity index (χ4v) is 3.13. The second-order valence-electron chi connectivity index (χ2n) is 6.74. The van der Waals surface area contributed by atoms with Crippen molar-refractivity contribution in [3.8, 4) is 0 Å². The van der Waals surface area contributed by atoms with E-state index in [9.17, 15) is 0 Å². The number of halogens is 1. The van der Waals surface area contributed by atoms with Gasteiger partial charge in [-0.05, 0) is 24.9 Å². The molecule has 2 rings (SSSR count). The van der Waals surface area contributed by atoms with Gasteiger partial charge in [-0.15, -0.1) is 24.0 Å². The van der Waals surface area contributed by atoms with Crippen molar-refractivity contribution in [3.05, 3.63) is 35.9 Å². The van der Waals surface area contributed by atoms with Gasteiger partial charge in [0.25, 0.3) is 0 Å². The Hall–Kier alpha value is -0.860. The Morgan fingerprint density at radius 1 is 0.962 bits per heavy atom. The fourth-order valence-electron chi connectivity index (χ4n) is 3.13. The van der Waals surface area contributed by atoms with Crippen molar-refractivity contribution in [2.45, 2.75) is 32.7 Å². The highest BCUT2D eigenvalue weighted by Crippen LogP contribution is 2.08. The molecule has 1 fully saturated rings. The van der Waals surface area contributed by atoms with E-state index in [1.807, 2.05) is 7.05 Å². The zero-order valence-electron chi connectivity index (χ0n) is 16.4. The van der Waals surface area contributed by atoms with Crippen LogP contribution in [0.5, 0.6) is 0 Å². The van der Waals surface area contributed by atoms with Crippen LogP contribution in [0.2, 0.25) is 0 Å². The quantitative estimate of drug-likeness (QED) is 0.251. The highest BCUT2D eigenvalue weighted by Gasteiger charge is 2.16. The molecule has 26 heavy (non-hydrogen) atoms. The third-order valence-corrected chi connectivity index (χ3v) is 4.70. The van der Waals surface area contributed by atoms with Crippen LogP contribution in [0.3, 0.4) is 0 Å². The standard InChI is InChI=1S/C20H35N5.HI/c1-3-4-11-22-20(21-2)23-12-8-13-24-14-16-25(17-15-24)18-19-9-6-5-7-10-19;/h5-7,9-10H,3-4,8,11-18H2,1-2H3,(H2,21,22,23);1H. The lowest BCUT2D eigenvalue weighted by Crippen LogP contribution is -2.46. The molecular formula is C20H36IN5. The predicted octanol–water partition coefficient (Wildman–Crippen LogP) is 2.78. The van der Waals surface area contributed by atoms with Gasteiger partial charge in [-0.25, -0.2) is 0 Å². The van der Waals surface area contributed by atoms with Gasteiger partial charge < -0.3 is 15.5 Å². The van der Waals surface area contributed by atoms with E-state index in [1.54, 1.807) is 0 Å². The first-order chi connectivity index (χ1) is 12.3. The number of aliphatic imine (C=N–C) groups is 1. The summed E-state index contributed by atoms with van der Waals surface area (Å²) in [6.45, 7) is 11.1. The van der Waals surface area contributed by atoms with E-state index in [4.69, 9.17) is 0 Å². The van der Waals surface area contributed by atoms with Crippen molar-refractivity contribution in [1.82, 2.24) is 20.4 Å². The molecule has 6 heteroatoms. The monoisotopic (exact) mass is 473 g/mol. The maximum absolute atomic E-state index is 4.27. The summed E-state index contributed by atoms with van der Waals surface area (Å²) in [6.07, 6.45) is 3.56. The third-order valence-electron chi connectivity index (χ3n) is 4.70. The van der Waals surface area contributed by atoms with Crippen LogP contribution in [-0.2, 0) is 6.54 Å². The Bertz CT molecular complexity index is 486. The average molecular weight is 473 g/mol. The van der Waals surface area contributed by atoms with Crippen molar-refractivity contribution in [2.75, 3.05) is 52.9 Å². The maximum Gasteiger partial charge on any atom is 0.190 e. The SMILES string of the molecule is CCCCNC(=NC)NCCCN1CCN(Cc2ccccc2)CC1.I. The summed E-state index contributed by atoms with van der Waals surface area (Å²) in [5.41, 5.74) is 1.42. The molecule has 1 aromatic carbocycles. The van der Waals surface area contributed by atoms with Crippen molar-refractivity contribution < 1.29 is 0 Å². The van der Waals surface area contributed by atoms with E-state index < -0.39 is 0 Å². The molecule has 0 unspecified atom stereocenters. The molecule has 1 aliphatic heterocycles. The second-order valence-corrected chi connectivity index (χ2v) is 6.74. The van der Waals surface area contributed by atoms with Gasteiger partial charge in [0.15, 0.2) is 5.96 Å². The Balaban J connectivity index is 0.00000338. The van der Waals surface area contributed by atoms with Gasteiger partial charge in [0, 0.05) is 52.9 Å². The summed E-state index contributed by atoms with van der Waals surface area (Å²) in [4.78, 5) is 9.41. The van der Waals surface area contributed by atoms with Gasteiger partial charge in [0.2, 0.25) is 0 Å². The molecule has 0 saturated carbocycles. The zero-order valence-corrected chi connectivity index (χ0v) is 18.7. The van der Waals surface area contributed by atoms with Crippen LogP contribution >= 0.6 is 24.0 Å². The number of nitrogens with one attached hydrogen (secondary N) is 2. The van der Waals surface area contributed by atoms with E-state index >= 15 is 0 Å². The maximum atomic E-state index is 4.27. The van der Waals surface area contributed by atoms with Gasteiger partial charge in [-0.1, -0.05) is 43.7 Å². The summed E-state index contributed by atoms with van der Waals surface area (Å²) >= 11 is 0. The predicted molar refractivity (Wildman–Crippen MR) is 122 cm³/mol. The number of rotatable bonds is 9. The lowest BCUT2D eigenvalue weighted by atomic mass is 10.2. The minimum atomic E-state index is 0. The number of nitrogens with zero attached hydrogens (tertiary/aromatic N) is 3. The molecule has 0 amide bonds. The number of hydrogen-bond acceptors (Lipinski definition) is 3. The summed E-state index contributed by atoms with van der Waals surface area (Å²) in [5.74, 6) is 0.932. The van der Waals surface area contributed by atoms with Gasteiger partial charge in [0.05, 0.1) is 0 Å². The summed E-state index contributed by atoms with van der Waals surface area (Å²) in [7, 11) is 1.84. The minimum Gasteiger partial charge on any atom is -0.356 e. The molecule has 148 valence electrons. The average Bonchev–Trinajstić information content (AvgIpc) is 2.66. The molecule has 0 aromatic heterocycles. The largest absolute Gasteiger partial charge is 0.356 e. The Labute approximate surface area is 176 Å². The van der Waals surface area contributed by atoms with E-state index in [2.05, 4.69) is 62.7 Å². The number of benzene rings is 1. The van der Waals surface area contributed by atoms with Crippen LogP contribution in [0.15, 0.2) is 35.3 Å². The molecule has 1 aliphatic rings. The highest BCUT2D eigenvalue weighted by molar-refractivity contribution is 14.0. The van der Waals surface area contributed by atoms with Gasteiger partial charge in [-0.2, -0.15) is 0 Å². The molecule has 1 aromatic rings. The molecule has 1 saturated heterocycles. The number of piperazine rings is 1. The Kier molecular flexibility index (Phi) is 12.7. The first-order valence-electron chi connectivity index (χ1n) is 9.75. The summed E-state index contributed by atoms with van der Waals surface area (Å²) in [5, 5.41) is 6.77. The molecular weight excluding hydrogens is 437 g/mol. The topological polar surface area (TPSA) is 42.9 Å². The molecule has 0 radical (unpaired) electrons. The normalized spacial score (nSPS) is 16.2. The number of hydrogen-bond donors (Lipinski definition) is 2. The minimum absolute atomic E-state index is 0. The third kappa shape index (κ3) is 9.19. The van der Waals surface area contributed by atoms with Crippen LogP contribution in [0.25, 0.3) is 0 Å². The van der Waals surface area contributed by atoms with Crippen LogP contribution in [-0.4, -0.2) is 68.6 Å². The van der Waals surface area contributed by atoms with Crippen LogP contribution < -0.4 is 10.6 Å². The number of unbranched alkanes of at least 4 members (excludes halogenated alkanes) is 1. The van der Waals surface area contributed by atoms with Gasteiger partial charge >= 0.3 is 0 Å². The summed E-state index contributed by atoms with van der Waals surface area (Å²) < 4.78 is 0. The van der Waals surface area contributed by atoms with Crippen LogP contribution in [0.4, 0.5) is 0 Å². The van der Waals surface area contributed by atoms with Gasteiger partial charge in [0.1, 0.15) is 0 Å². The zero-order chi connectivity index (χ0) is 17.7. The van der Waals surface area contributed by atoms with Crippen molar-refractivity contribution >= 4 is 29.9 Å². The van der Waals surface area contributed by atoms with E-state index in [-0.39, 0.29) is 24.0 Å². The first-order valence-corrected chi connectivity index (χ1v) is 9.75. The van der Waals surface area contributed by atoms with Crippen molar-refractivity contribution in [1.29, 1.82) is 0 Å². The first kappa shape index (κ1) is 23.2. The van der Waals surface area contributed by atoms with Crippen LogP contribution in [0.1, 0.15) is 31.7 Å². The Morgan fingerprint density at radius 2 is 1.58 bits per heavy atom. The second kappa shape index (κ2) is 14.2. The molecule has 2 N–H and O–H groups in total. The molecule has 0 spiro atoms. The Morgan fingerprint density at radius 3 is 2.19 bits per heavy atom. The van der Waals surface area contributed by atoms with E-state index in [1.165, 1.54) is 44.6 Å². The smallest absolute Gasteiger partial charge is 0.190 e. The van der Waals surface area contributed by atoms with Crippen molar-refractivity contribution in [2.24, 2.45) is 4.99 Å². The molecule has 0 atom stereocenters.